The van der Waals surface area contributed by atoms with Crippen LogP contribution in [0.2, 0.25) is 0 Å². The molecule has 1 aromatic heterocycles. The highest BCUT2D eigenvalue weighted by Crippen LogP contribution is 2.31. The monoisotopic (exact) mass is 287 g/mol. The van der Waals surface area contributed by atoms with Crippen LogP contribution in [0.25, 0.3) is 0 Å². The third-order valence-electron chi connectivity index (χ3n) is 3.01. The topological polar surface area (TPSA) is 70.3 Å². The molecular weight excluding hydrogens is 266 g/mol. The first-order chi connectivity index (χ1) is 10.2. The van der Waals surface area contributed by atoms with Gasteiger partial charge in [-0.15, -0.1) is 0 Å². The Labute approximate surface area is 125 Å². The van der Waals surface area contributed by atoms with Crippen LogP contribution in [-0.2, 0) is 0 Å². The Morgan fingerprint density at radius 2 is 1.67 bits per heavy atom. The van der Waals surface area contributed by atoms with Crippen molar-refractivity contribution < 1.29 is 9.47 Å². The first-order valence-electron chi connectivity index (χ1n) is 7.09. The summed E-state index contributed by atoms with van der Waals surface area (Å²) in [5.41, 5.74) is 8.14. The number of ether oxygens (including phenoxy) is 2. The van der Waals surface area contributed by atoms with E-state index in [0.29, 0.717) is 24.8 Å². The number of benzene rings is 1. The van der Waals surface area contributed by atoms with Gasteiger partial charge in [0.2, 0.25) is 0 Å². The molecule has 1 unspecified atom stereocenters. The summed E-state index contributed by atoms with van der Waals surface area (Å²) in [6.07, 6.45) is 3.53. The Bertz CT molecular complexity index is 585. The summed E-state index contributed by atoms with van der Waals surface area (Å²) in [5, 5.41) is 0. The molecule has 0 amide bonds. The third kappa shape index (κ3) is 3.70. The average Bonchev–Trinajstić information content (AvgIpc) is 2.49. The van der Waals surface area contributed by atoms with Crippen molar-refractivity contribution in [1.29, 1.82) is 0 Å². The maximum atomic E-state index is 6.23. The minimum Gasteiger partial charge on any atom is -0.490 e. The molecule has 0 bridgehead atoms. The fourth-order valence-corrected chi connectivity index (χ4v) is 1.97. The summed E-state index contributed by atoms with van der Waals surface area (Å²) >= 11 is 0. The fourth-order valence-electron chi connectivity index (χ4n) is 1.97. The fraction of sp³-hybridized carbons (Fsp3) is 0.375. The minimum atomic E-state index is -0.388. The van der Waals surface area contributed by atoms with Crippen LogP contribution >= 0.6 is 0 Å². The highest BCUT2D eigenvalue weighted by atomic mass is 16.5. The summed E-state index contributed by atoms with van der Waals surface area (Å²) in [6.45, 7) is 6.98. The number of hydrogen-bond acceptors (Lipinski definition) is 5. The van der Waals surface area contributed by atoms with Crippen LogP contribution in [-0.4, -0.2) is 23.2 Å². The first kappa shape index (κ1) is 15.3. The molecule has 5 heteroatoms. The molecule has 2 N–H and O–H groups in total. The number of aryl methyl sites for hydroxylation is 1. The van der Waals surface area contributed by atoms with Crippen LogP contribution in [0.15, 0.2) is 30.6 Å². The van der Waals surface area contributed by atoms with Crippen molar-refractivity contribution >= 4 is 0 Å². The highest BCUT2D eigenvalue weighted by Gasteiger charge is 2.15. The van der Waals surface area contributed by atoms with Gasteiger partial charge in [0.25, 0.3) is 0 Å². The lowest BCUT2D eigenvalue weighted by molar-refractivity contribution is 0.287. The van der Waals surface area contributed by atoms with Gasteiger partial charge in [-0.2, -0.15) is 0 Å². The number of rotatable bonds is 6. The third-order valence-corrected chi connectivity index (χ3v) is 3.01. The van der Waals surface area contributed by atoms with E-state index in [4.69, 9.17) is 15.2 Å². The zero-order chi connectivity index (χ0) is 15.2. The second-order valence-corrected chi connectivity index (χ2v) is 4.67. The molecule has 1 aromatic carbocycles. The summed E-state index contributed by atoms with van der Waals surface area (Å²) in [4.78, 5) is 8.56. The number of nitrogens with two attached hydrogens (primary N) is 1. The van der Waals surface area contributed by atoms with Gasteiger partial charge in [-0.05, 0) is 44.0 Å². The van der Waals surface area contributed by atoms with Crippen molar-refractivity contribution in [2.45, 2.75) is 26.8 Å². The Morgan fingerprint density at radius 3 is 2.29 bits per heavy atom. The van der Waals surface area contributed by atoms with Crippen LogP contribution in [0.4, 0.5) is 0 Å². The molecule has 0 radical (unpaired) electrons. The van der Waals surface area contributed by atoms with E-state index in [1.807, 2.05) is 39.0 Å². The summed E-state index contributed by atoms with van der Waals surface area (Å²) < 4.78 is 11.2. The summed E-state index contributed by atoms with van der Waals surface area (Å²) in [6, 6.07) is 5.29. The Balaban J connectivity index is 2.30. The molecule has 0 spiro atoms. The Morgan fingerprint density at radius 1 is 1.05 bits per heavy atom. The van der Waals surface area contributed by atoms with Crippen LogP contribution in [0.1, 0.15) is 36.8 Å². The predicted octanol–water partition coefficient (Wildman–Crippen LogP) is 2.63. The lowest BCUT2D eigenvalue weighted by Gasteiger charge is -2.15. The second kappa shape index (κ2) is 7.04. The van der Waals surface area contributed by atoms with Crippen LogP contribution < -0.4 is 15.2 Å². The van der Waals surface area contributed by atoms with Crippen molar-refractivity contribution in [3.05, 3.63) is 47.5 Å². The van der Waals surface area contributed by atoms with E-state index in [1.165, 1.54) is 0 Å². The molecule has 1 atom stereocenters. The van der Waals surface area contributed by atoms with Gasteiger partial charge in [0, 0.05) is 12.4 Å². The van der Waals surface area contributed by atoms with Gasteiger partial charge < -0.3 is 15.2 Å². The molecular formula is C16H21N3O2. The van der Waals surface area contributed by atoms with Crippen LogP contribution in [0.3, 0.4) is 0 Å². The van der Waals surface area contributed by atoms with Crippen LogP contribution in [0, 0.1) is 6.92 Å². The average molecular weight is 287 g/mol. The van der Waals surface area contributed by atoms with Crippen molar-refractivity contribution in [3.63, 3.8) is 0 Å². The van der Waals surface area contributed by atoms with E-state index < -0.39 is 0 Å². The van der Waals surface area contributed by atoms with E-state index in [-0.39, 0.29) is 6.04 Å². The van der Waals surface area contributed by atoms with Gasteiger partial charge in [0.05, 0.1) is 19.3 Å². The SMILES string of the molecule is CCOc1ccc(C(N)c2ncc(C)cn2)cc1OCC. The molecule has 0 saturated heterocycles. The van der Waals surface area contributed by atoms with E-state index in [0.717, 1.165) is 16.9 Å². The van der Waals surface area contributed by atoms with Crippen molar-refractivity contribution in [1.82, 2.24) is 9.97 Å². The highest BCUT2D eigenvalue weighted by molar-refractivity contribution is 5.44. The van der Waals surface area contributed by atoms with Crippen molar-refractivity contribution in [2.75, 3.05) is 13.2 Å². The molecule has 2 rings (SSSR count). The number of aromatic nitrogens is 2. The molecule has 0 saturated carbocycles. The molecule has 112 valence electrons. The van der Waals surface area contributed by atoms with Gasteiger partial charge >= 0.3 is 0 Å². The van der Waals surface area contributed by atoms with E-state index in [1.54, 1.807) is 12.4 Å². The summed E-state index contributed by atoms with van der Waals surface area (Å²) in [5.74, 6) is 2.01. The first-order valence-corrected chi connectivity index (χ1v) is 7.09. The second-order valence-electron chi connectivity index (χ2n) is 4.67. The molecule has 0 aliphatic heterocycles. The maximum absolute atomic E-state index is 6.23. The molecule has 2 aromatic rings. The summed E-state index contributed by atoms with van der Waals surface area (Å²) in [7, 11) is 0. The molecule has 0 aliphatic carbocycles. The van der Waals surface area contributed by atoms with Crippen LogP contribution in [0.5, 0.6) is 11.5 Å². The quantitative estimate of drug-likeness (QED) is 0.884. The Hall–Kier alpha value is -2.14. The molecule has 0 fully saturated rings. The van der Waals surface area contributed by atoms with E-state index in [9.17, 15) is 0 Å². The Kier molecular flexibility index (Phi) is 5.11. The largest absolute Gasteiger partial charge is 0.490 e. The molecule has 1 heterocycles. The lowest BCUT2D eigenvalue weighted by atomic mass is 10.1. The number of nitrogens with zero attached hydrogens (tertiary/aromatic N) is 2. The zero-order valence-corrected chi connectivity index (χ0v) is 12.7. The number of hydrogen-bond donors (Lipinski definition) is 1. The van der Waals surface area contributed by atoms with Gasteiger partial charge in [0.15, 0.2) is 11.5 Å². The maximum Gasteiger partial charge on any atom is 0.161 e. The molecule has 21 heavy (non-hydrogen) atoms. The predicted molar refractivity (Wildman–Crippen MR) is 81.6 cm³/mol. The van der Waals surface area contributed by atoms with E-state index >= 15 is 0 Å². The van der Waals surface area contributed by atoms with Gasteiger partial charge in [-0.1, -0.05) is 6.07 Å². The normalized spacial score (nSPS) is 12.0. The standard InChI is InChI=1S/C16H21N3O2/c1-4-20-13-7-6-12(8-14(13)21-5-2)15(17)16-18-9-11(3)10-19-16/h6-10,15H,4-5,17H2,1-3H3. The lowest BCUT2D eigenvalue weighted by Crippen LogP contribution is -2.15. The van der Waals surface area contributed by atoms with Gasteiger partial charge in [-0.25, -0.2) is 9.97 Å². The van der Waals surface area contributed by atoms with Gasteiger partial charge in [-0.3, -0.25) is 0 Å². The van der Waals surface area contributed by atoms with Gasteiger partial charge in [0.1, 0.15) is 5.82 Å². The smallest absolute Gasteiger partial charge is 0.161 e. The van der Waals surface area contributed by atoms with Crippen molar-refractivity contribution in [3.8, 4) is 11.5 Å². The molecule has 5 nitrogen and oxygen atoms in total. The van der Waals surface area contributed by atoms with E-state index in [2.05, 4.69) is 9.97 Å². The molecule has 0 aliphatic rings. The van der Waals surface area contributed by atoms with Crippen molar-refractivity contribution in [2.24, 2.45) is 5.73 Å². The minimum absolute atomic E-state index is 0.388. The zero-order valence-electron chi connectivity index (χ0n) is 12.7.